The summed E-state index contributed by atoms with van der Waals surface area (Å²) in [5.74, 6) is 0. The average Bonchev–Trinajstić information content (AvgIpc) is 3.00. The van der Waals surface area contributed by atoms with Crippen molar-refractivity contribution in [2.45, 2.75) is 0 Å². The molecule has 4 rings (SSSR count). The molecule has 0 radical (unpaired) electrons. The van der Waals surface area contributed by atoms with Crippen molar-refractivity contribution in [2.24, 2.45) is 0 Å². The van der Waals surface area contributed by atoms with Crippen molar-refractivity contribution in [1.82, 2.24) is 0 Å². The molecule has 0 bridgehead atoms. The van der Waals surface area contributed by atoms with Crippen LogP contribution in [0.15, 0.2) is 80.4 Å². The summed E-state index contributed by atoms with van der Waals surface area (Å²) in [4.78, 5) is 0. The second-order valence-electron chi connectivity index (χ2n) is 6.09. The molecule has 1 aliphatic heterocycles. The predicted octanol–water partition coefficient (Wildman–Crippen LogP) is 4.11. The Kier molecular flexibility index (Phi) is 4.23. The Morgan fingerprint density at radius 3 is 1.44 bits per heavy atom. The number of hydrogen-bond acceptors (Lipinski definition) is 0. The summed E-state index contributed by atoms with van der Waals surface area (Å²) < 4.78 is 4.57. The van der Waals surface area contributed by atoms with Crippen LogP contribution in [0.4, 0.5) is 0 Å². The summed E-state index contributed by atoms with van der Waals surface area (Å²) in [6.45, 7) is 11.7. The second kappa shape index (κ2) is 6.54. The SMILES string of the molecule is C=Cc1cc[c]([Sb]2[c]3ccc(C=C)cc3-c3cc(C=C)cc[c]32)cc1. The minimum atomic E-state index is -1.98. The number of hydrogen-bond donors (Lipinski definition) is 0. The third-order valence-electron chi connectivity index (χ3n) is 4.67. The second-order valence-corrected chi connectivity index (χ2v) is 12.2. The van der Waals surface area contributed by atoms with Crippen molar-refractivity contribution in [3.63, 3.8) is 0 Å². The standard InChI is InChI=1S/C16H12.C8H7.Sb/c1-3-13-7-5-9-15(11-13)16-10-6-8-14(4-2)12-16;1-2-8-6-4-3-5-7-8;/h3-8,11-12H,1-2H2;2,4-7H,1H2;. The van der Waals surface area contributed by atoms with Crippen LogP contribution in [0.25, 0.3) is 29.4 Å². The van der Waals surface area contributed by atoms with E-state index in [-0.39, 0.29) is 0 Å². The van der Waals surface area contributed by atoms with Crippen LogP contribution in [0.1, 0.15) is 16.7 Å². The van der Waals surface area contributed by atoms with E-state index < -0.39 is 20.2 Å². The molecule has 0 aliphatic carbocycles. The van der Waals surface area contributed by atoms with E-state index in [1.807, 2.05) is 18.2 Å². The van der Waals surface area contributed by atoms with E-state index in [9.17, 15) is 0 Å². The van der Waals surface area contributed by atoms with Gasteiger partial charge in [-0.1, -0.05) is 0 Å². The van der Waals surface area contributed by atoms with Gasteiger partial charge in [-0.3, -0.25) is 0 Å². The van der Waals surface area contributed by atoms with Gasteiger partial charge in [-0.25, -0.2) is 0 Å². The van der Waals surface area contributed by atoms with Crippen LogP contribution in [0.2, 0.25) is 0 Å². The summed E-state index contributed by atoms with van der Waals surface area (Å²) in [7, 11) is 0. The van der Waals surface area contributed by atoms with E-state index in [1.165, 1.54) is 38.3 Å². The molecule has 0 nitrogen and oxygen atoms in total. The summed E-state index contributed by atoms with van der Waals surface area (Å²) in [5, 5.41) is 0. The molecule has 1 heterocycles. The molecule has 1 aliphatic rings. The van der Waals surface area contributed by atoms with Crippen molar-refractivity contribution in [3.8, 4) is 11.1 Å². The Bertz CT molecular complexity index is 936. The summed E-state index contributed by atoms with van der Waals surface area (Å²) in [5.41, 5.74) is 6.29. The third kappa shape index (κ3) is 2.71. The molecule has 120 valence electrons. The van der Waals surface area contributed by atoms with Crippen LogP contribution in [0, 0.1) is 0 Å². The van der Waals surface area contributed by atoms with Gasteiger partial charge in [0.25, 0.3) is 0 Å². The minimum absolute atomic E-state index is 1.17. The van der Waals surface area contributed by atoms with Gasteiger partial charge >= 0.3 is 157 Å². The molecular formula is C24H19Sb. The molecule has 0 N–H and O–H groups in total. The van der Waals surface area contributed by atoms with Gasteiger partial charge in [-0.05, 0) is 0 Å². The van der Waals surface area contributed by atoms with Gasteiger partial charge in [-0.15, -0.1) is 0 Å². The molecule has 0 fully saturated rings. The van der Waals surface area contributed by atoms with Crippen LogP contribution < -0.4 is 10.5 Å². The first-order chi connectivity index (χ1) is 12.2. The summed E-state index contributed by atoms with van der Waals surface area (Å²) >= 11 is -1.98. The quantitative estimate of drug-likeness (QED) is 0.429. The van der Waals surface area contributed by atoms with E-state index in [1.54, 1.807) is 0 Å². The molecule has 0 aromatic heterocycles. The van der Waals surface area contributed by atoms with E-state index in [2.05, 4.69) is 80.4 Å². The van der Waals surface area contributed by atoms with E-state index in [0.29, 0.717) is 0 Å². The van der Waals surface area contributed by atoms with Gasteiger partial charge in [0.05, 0.1) is 0 Å². The zero-order valence-electron chi connectivity index (χ0n) is 14.1. The van der Waals surface area contributed by atoms with Crippen LogP contribution in [0.5, 0.6) is 0 Å². The van der Waals surface area contributed by atoms with Crippen molar-refractivity contribution in [1.29, 1.82) is 0 Å². The Balaban J connectivity index is 1.95. The first kappa shape index (κ1) is 16.2. The van der Waals surface area contributed by atoms with E-state index in [4.69, 9.17) is 0 Å². The zero-order chi connectivity index (χ0) is 17.4. The molecule has 0 saturated heterocycles. The zero-order valence-corrected chi connectivity index (χ0v) is 16.6. The Morgan fingerprint density at radius 1 is 0.560 bits per heavy atom. The van der Waals surface area contributed by atoms with Crippen LogP contribution in [-0.2, 0) is 0 Å². The van der Waals surface area contributed by atoms with E-state index >= 15 is 0 Å². The third-order valence-corrected chi connectivity index (χ3v) is 12.0. The fraction of sp³-hybridized carbons (Fsp3) is 0. The van der Waals surface area contributed by atoms with Crippen molar-refractivity contribution in [3.05, 3.63) is 97.1 Å². The molecular weight excluding hydrogens is 410 g/mol. The molecule has 0 amide bonds. The molecule has 0 unspecified atom stereocenters. The molecule has 3 aromatic carbocycles. The van der Waals surface area contributed by atoms with E-state index in [0.717, 1.165) is 0 Å². The molecule has 0 atom stereocenters. The summed E-state index contributed by atoms with van der Waals surface area (Å²) in [6.07, 6.45) is 5.76. The molecule has 1 heteroatoms. The first-order valence-corrected chi connectivity index (χ1v) is 12.1. The van der Waals surface area contributed by atoms with Crippen molar-refractivity contribution in [2.75, 3.05) is 0 Å². The van der Waals surface area contributed by atoms with Gasteiger partial charge < -0.3 is 0 Å². The Labute approximate surface area is 156 Å². The number of fused-ring (bicyclic) bond motifs is 3. The molecule has 3 aromatic rings. The van der Waals surface area contributed by atoms with Crippen LogP contribution in [0.3, 0.4) is 0 Å². The predicted molar refractivity (Wildman–Crippen MR) is 113 cm³/mol. The molecule has 0 spiro atoms. The average molecular weight is 429 g/mol. The van der Waals surface area contributed by atoms with Gasteiger partial charge in [0.1, 0.15) is 0 Å². The van der Waals surface area contributed by atoms with Crippen LogP contribution >= 0.6 is 0 Å². The van der Waals surface area contributed by atoms with Crippen molar-refractivity contribution >= 4 is 49.0 Å². The molecule has 0 saturated carbocycles. The fourth-order valence-corrected chi connectivity index (χ4v) is 10.7. The van der Waals surface area contributed by atoms with Gasteiger partial charge in [-0.2, -0.15) is 0 Å². The molecule has 25 heavy (non-hydrogen) atoms. The normalized spacial score (nSPS) is 12.3. The van der Waals surface area contributed by atoms with Crippen LogP contribution in [-0.4, -0.2) is 20.2 Å². The Morgan fingerprint density at radius 2 is 1.00 bits per heavy atom. The maximum atomic E-state index is 3.93. The summed E-state index contributed by atoms with van der Waals surface area (Å²) in [6, 6.07) is 22.6. The maximum absolute atomic E-state index is 3.93. The Hall–Kier alpha value is -2.30. The van der Waals surface area contributed by atoms with Crippen molar-refractivity contribution < 1.29 is 0 Å². The first-order valence-electron chi connectivity index (χ1n) is 8.31. The van der Waals surface area contributed by atoms with Gasteiger partial charge in [0, 0.05) is 0 Å². The number of rotatable bonds is 4. The topological polar surface area (TPSA) is 0 Å². The fourth-order valence-electron chi connectivity index (χ4n) is 3.35. The number of benzene rings is 3. The van der Waals surface area contributed by atoms with Gasteiger partial charge in [0.15, 0.2) is 0 Å². The van der Waals surface area contributed by atoms with Gasteiger partial charge in [0.2, 0.25) is 0 Å². The monoisotopic (exact) mass is 428 g/mol.